The predicted octanol–water partition coefficient (Wildman–Crippen LogP) is 2.92. The largest absolute Gasteiger partial charge is 0.297 e. The average Bonchev–Trinajstić information content (AvgIpc) is 3.00. The number of hydrogen-bond acceptors (Lipinski definition) is 6. The maximum Gasteiger partial charge on any atom is 0.167 e. The fourth-order valence-corrected chi connectivity index (χ4v) is 5.20. The normalized spacial score (nSPS) is 18.8. The first kappa shape index (κ1) is 19.1. The van der Waals surface area contributed by atoms with Gasteiger partial charge in [-0.15, -0.1) is 11.3 Å². The van der Waals surface area contributed by atoms with Crippen LogP contribution in [-0.4, -0.2) is 43.4 Å². The molecule has 0 bridgehead atoms. The van der Waals surface area contributed by atoms with E-state index in [9.17, 15) is 17.6 Å². The van der Waals surface area contributed by atoms with E-state index in [1.54, 1.807) is 0 Å². The molecule has 1 atom stereocenters. The number of likely N-dealkylation sites (tertiary alicyclic amines) is 1. The lowest BCUT2D eigenvalue weighted by atomic mass is 9.90. The quantitative estimate of drug-likeness (QED) is 0.703. The number of carbonyl (C=O) groups excluding carboxylic acids is 1. The number of sulfone groups is 1. The summed E-state index contributed by atoms with van der Waals surface area (Å²) in [5, 5.41) is 2.48. The van der Waals surface area contributed by atoms with Crippen molar-refractivity contribution in [2.45, 2.75) is 25.1 Å². The first-order chi connectivity index (χ1) is 12.3. The lowest BCUT2D eigenvalue weighted by Crippen LogP contribution is -2.38. The Morgan fingerprint density at radius 3 is 2.77 bits per heavy atom. The highest BCUT2D eigenvalue weighted by atomic mass is 32.2. The Morgan fingerprint density at radius 1 is 1.35 bits per heavy atom. The highest BCUT2D eigenvalue weighted by Gasteiger charge is 2.27. The molecule has 0 spiro atoms. The average molecular weight is 397 g/mol. The molecule has 1 aromatic heterocycles. The highest BCUT2D eigenvalue weighted by molar-refractivity contribution is 7.90. The van der Waals surface area contributed by atoms with Crippen LogP contribution in [0.2, 0.25) is 0 Å². The van der Waals surface area contributed by atoms with E-state index in [0.29, 0.717) is 23.7 Å². The number of ketones is 1. The summed E-state index contributed by atoms with van der Waals surface area (Å²) in [6, 6.07) is 5.70. The molecule has 0 aliphatic carbocycles. The first-order valence-electron chi connectivity index (χ1n) is 8.43. The molecule has 3 rings (SSSR count). The van der Waals surface area contributed by atoms with Gasteiger partial charge >= 0.3 is 0 Å². The van der Waals surface area contributed by atoms with Gasteiger partial charge in [0.25, 0.3) is 0 Å². The predicted molar refractivity (Wildman–Crippen MR) is 99.4 cm³/mol. The van der Waals surface area contributed by atoms with Crippen molar-refractivity contribution in [2.24, 2.45) is 5.92 Å². The van der Waals surface area contributed by atoms with Crippen LogP contribution in [0.5, 0.6) is 0 Å². The Hall–Kier alpha value is -1.64. The van der Waals surface area contributed by atoms with Gasteiger partial charge in [0, 0.05) is 36.2 Å². The van der Waals surface area contributed by atoms with E-state index in [1.807, 2.05) is 5.38 Å². The van der Waals surface area contributed by atoms with E-state index in [0.717, 1.165) is 25.1 Å². The van der Waals surface area contributed by atoms with E-state index in [-0.39, 0.29) is 23.3 Å². The van der Waals surface area contributed by atoms with Gasteiger partial charge in [-0.3, -0.25) is 9.69 Å². The van der Waals surface area contributed by atoms with Crippen LogP contribution >= 0.6 is 11.3 Å². The van der Waals surface area contributed by atoms with Gasteiger partial charge in [-0.05, 0) is 43.7 Å². The molecular formula is C18H21FN2O3S2. The van der Waals surface area contributed by atoms with Crippen molar-refractivity contribution >= 4 is 27.0 Å². The second-order valence-electron chi connectivity index (χ2n) is 6.75. The van der Waals surface area contributed by atoms with Gasteiger partial charge in [-0.2, -0.15) is 0 Å². The SMILES string of the molecule is CS(=O)(=O)Cc1nc(CN2CCCC(C(=O)c3ccc(F)cc3)C2)cs1. The maximum atomic E-state index is 13.0. The van der Waals surface area contributed by atoms with E-state index < -0.39 is 9.84 Å². The van der Waals surface area contributed by atoms with E-state index in [1.165, 1.54) is 41.9 Å². The number of thiazole rings is 1. The van der Waals surface area contributed by atoms with Crippen LogP contribution in [0, 0.1) is 11.7 Å². The zero-order valence-electron chi connectivity index (χ0n) is 14.5. The Balaban J connectivity index is 1.61. The number of rotatable bonds is 6. The summed E-state index contributed by atoms with van der Waals surface area (Å²) in [6.07, 6.45) is 2.94. The fraction of sp³-hybridized carbons (Fsp3) is 0.444. The van der Waals surface area contributed by atoms with Gasteiger partial charge in [0.15, 0.2) is 15.6 Å². The summed E-state index contributed by atoms with van der Waals surface area (Å²) in [5.74, 6) is -0.446. The lowest BCUT2D eigenvalue weighted by Gasteiger charge is -2.31. The number of nitrogens with zero attached hydrogens (tertiary/aromatic N) is 2. The second-order valence-corrected chi connectivity index (χ2v) is 9.83. The van der Waals surface area contributed by atoms with E-state index in [4.69, 9.17) is 0 Å². The van der Waals surface area contributed by atoms with Crippen molar-refractivity contribution in [2.75, 3.05) is 19.3 Å². The highest BCUT2D eigenvalue weighted by Crippen LogP contribution is 2.23. The van der Waals surface area contributed by atoms with Gasteiger partial charge in [0.05, 0.1) is 5.69 Å². The summed E-state index contributed by atoms with van der Waals surface area (Å²) in [7, 11) is -3.09. The third-order valence-corrected chi connectivity index (χ3v) is 6.25. The monoisotopic (exact) mass is 396 g/mol. The number of benzene rings is 1. The Kier molecular flexibility index (Phi) is 5.84. The van der Waals surface area contributed by atoms with Crippen LogP contribution in [0.15, 0.2) is 29.6 Å². The Morgan fingerprint density at radius 2 is 2.08 bits per heavy atom. The minimum Gasteiger partial charge on any atom is -0.297 e. The topological polar surface area (TPSA) is 67.3 Å². The minimum absolute atomic E-state index is 0.0383. The van der Waals surface area contributed by atoms with Crippen LogP contribution in [-0.2, 0) is 22.1 Å². The van der Waals surface area contributed by atoms with Gasteiger partial charge < -0.3 is 0 Å². The molecule has 1 unspecified atom stereocenters. The van der Waals surface area contributed by atoms with Gasteiger partial charge in [0.2, 0.25) is 0 Å². The van der Waals surface area contributed by atoms with Crippen molar-refractivity contribution in [1.29, 1.82) is 0 Å². The number of halogens is 1. The Bertz CT molecular complexity index is 878. The van der Waals surface area contributed by atoms with E-state index >= 15 is 0 Å². The molecule has 1 aliphatic rings. The third-order valence-electron chi connectivity index (χ3n) is 4.38. The van der Waals surface area contributed by atoms with Crippen LogP contribution < -0.4 is 0 Å². The summed E-state index contributed by atoms with van der Waals surface area (Å²) in [4.78, 5) is 19.2. The molecule has 5 nitrogen and oxygen atoms in total. The minimum atomic E-state index is -3.09. The third kappa shape index (κ3) is 5.18. The Labute approximate surface area is 156 Å². The molecule has 140 valence electrons. The van der Waals surface area contributed by atoms with Crippen LogP contribution in [0.25, 0.3) is 0 Å². The summed E-state index contributed by atoms with van der Waals surface area (Å²) < 4.78 is 35.8. The molecule has 0 N–H and O–H groups in total. The molecule has 1 aromatic carbocycles. The van der Waals surface area contributed by atoms with Crippen molar-refractivity contribution < 1.29 is 17.6 Å². The van der Waals surface area contributed by atoms with Gasteiger partial charge in [-0.25, -0.2) is 17.8 Å². The van der Waals surface area contributed by atoms with Gasteiger partial charge in [0.1, 0.15) is 16.6 Å². The zero-order valence-corrected chi connectivity index (χ0v) is 16.2. The fourth-order valence-electron chi connectivity index (χ4n) is 3.20. The molecular weight excluding hydrogens is 375 g/mol. The zero-order chi connectivity index (χ0) is 18.7. The molecule has 2 aromatic rings. The molecule has 2 heterocycles. The molecule has 0 radical (unpaired) electrons. The number of aromatic nitrogens is 1. The van der Waals surface area contributed by atoms with Crippen molar-refractivity contribution in [3.63, 3.8) is 0 Å². The molecule has 0 amide bonds. The van der Waals surface area contributed by atoms with Crippen LogP contribution in [0.4, 0.5) is 4.39 Å². The molecule has 1 fully saturated rings. The second kappa shape index (κ2) is 7.94. The molecule has 1 aliphatic heterocycles. The number of carbonyl (C=O) groups is 1. The van der Waals surface area contributed by atoms with E-state index in [2.05, 4.69) is 9.88 Å². The smallest absolute Gasteiger partial charge is 0.167 e. The van der Waals surface area contributed by atoms with Crippen LogP contribution in [0.3, 0.4) is 0 Å². The number of hydrogen-bond donors (Lipinski definition) is 0. The first-order valence-corrected chi connectivity index (χ1v) is 11.4. The summed E-state index contributed by atoms with van der Waals surface area (Å²) >= 11 is 1.35. The van der Waals surface area contributed by atoms with Crippen molar-refractivity contribution in [3.8, 4) is 0 Å². The summed E-state index contributed by atoms with van der Waals surface area (Å²) in [6.45, 7) is 2.12. The van der Waals surface area contributed by atoms with Gasteiger partial charge in [-0.1, -0.05) is 0 Å². The molecule has 1 saturated heterocycles. The number of piperidine rings is 1. The maximum absolute atomic E-state index is 13.0. The van der Waals surface area contributed by atoms with Crippen LogP contribution in [0.1, 0.15) is 33.9 Å². The molecule has 26 heavy (non-hydrogen) atoms. The molecule has 8 heteroatoms. The molecule has 0 saturated carbocycles. The standard InChI is InChI=1S/C18H21FN2O3S2/c1-26(23,24)12-17-20-16(11-25-17)10-21-8-2-3-14(9-21)18(22)13-4-6-15(19)7-5-13/h4-7,11,14H,2-3,8-10,12H2,1H3. The lowest BCUT2D eigenvalue weighted by molar-refractivity contribution is 0.0810. The van der Waals surface area contributed by atoms with Crippen molar-refractivity contribution in [1.82, 2.24) is 9.88 Å². The summed E-state index contributed by atoms with van der Waals surface area (Å²) in [5.41, 5.74) is 1.38. The van der Waals surface area contributed by atoms with Crippen molar-refractivity contribution in [3.05, 3.63) is 51.7 Å². The number of Topliss-reactive ketones (excluding diaryl/α,β-unsaturated/α-hetero) is 1.